The number of imidazole rings is 1. The largest absolute Gasteiger partial charge is 0.465 e. The van der Waals surface area contributed by atoms with E-state index in [0.29, 0.717) is 17.8 Å². The number of aromatic nitrogens is 2. The molecule has 0 radical (unpaired) electrons. The number of carbonyl (C=O) groups excluding carboxylic acids is 2. The molecular weight excluding hydrogens is 330 g/mol. The van der Waals surface area contributed by atoms with Gasteiger partial charge in [0, 0.05) is 37.1 Å². The summed E-state index contributed by atoms with van der Waals surface area (Å²) in [4.78, 5) is 27.7. The van der Waals surface area contributed by atoms with Crippen molar-refractivity contribution in [3.05, 3.63) is 72.1 Å². The van der Waals surface area contributed by atoms with E-state index in [1.807, 2.05) is 53.2 Å². The quantitative estimate of drug-likeness (QED) is 0.717. The third-order valence-corrected chi connectivity index (χ3v) is 3.92. The van der Waals surface area contributed by atoms with Gasteiger partial charge in [-0.15, -0.1) is 0 Å². The average Bonchev–Trinajstić information content (AvgIpc) is 3.09. The smallest absolute Gasteiger partial charge is 0.338 e. The fourth-order valence-electron chi connectivity index (χ4n) is 2.79. The molecule has 0 saturated heterocycles. The molecule has 1 N–H and O–H groups in total. The molecule has 2 aromatic carbocycles. The minimum absolute atomic E-state index is 0.127. The molecular formula is C20H19N3O3. The summed E-state index contributed by atoms with van der Waals surface area (Å²) in [5, 5.41) is 2.77. The van der Waals surface area contributed by atoms with Crippen LogP contribution in [0.25, 0.3) is 11.4 Å². The second kappa shape index (κ2) is 7.65. The molecule has 0 unspecified atom stereocenters. The van der Waals surface area contributed by atoms with Crippen LogP contribution in [0.2, 0.25) is 0 Å². The average molecular weight is 349 g/mol. The highest BCUT2D eigenvalue weighted by atomic mass is 16.5. The van der Waals surface area contributed by atoms with Crippen molar-refractivity contribution in [1.82, 2.24) is 9.55 Å². The number of hydrogen-bond acceptors (Lipinski definition) is 4. The predicted octanol–water partition coefficient (Wildman–Crippen LogP) is 3.34. The maximum absolute atomic E-state index is 12.0. The van der Waals surface area contributed by atoms with Gasteiger partial charge in [0.15, 0.2) is 0 Å². The fourth-order valence-corrected chi connectivity index (χ4v) is 2.79. The van der Waals surface area contributed by atoms with Crippen LogP contribution in [0.4, 0.5) is 5.69 Å². The van der Waals surface area contributed by atoms with Gasteiger partial charge in [-0.2, -0.15) is 0 Å². The van der Waals surface area contributed by atoms with Gasteiger partial charge in [0.2, 0.25) is 5.91 Å². The van der Waals surface area contributed by atoms with Gasteiger partial charge in [-0.1, -0.05) is 30.3 Å². The van der Waals surface area contributed by atoms with Gasteiger partial charge in [0.05, 0.1) is 12.7 Å². The SMILES string of the molecule is COC(=O)c1ccccc1Cn1ccnc1-c1cccc(NC(C)=O)c1. The number of nitrogens with one attached hydrogen (secondary N) is 1. The molecule has 132 valence electrons. The summed E-state index contributed by atoms with van der Waals surface area (Å²) in [7, 11) is 1.37. The summed E-state index contributed by atoms with van der Waals surface area (Å²) in [5.74, 6) is 0.254. The Hall–Kier alpha value is -3.41. The third kappa shape index (κ3) is 3.80. The standard InChI is InChI=1S/C20H19N3O3/c1-14(24)22-17-8-5-7-15(12-17)19-21-10-11-23(19)13-16-6-3-4-9-18(16)20(25)26-2/h3-12H,13H2,1-2H3,(H,22,24). The number of benzene rings is 2. The van der Waals surface area contributed by atoms with E-state index in [2.05, 4.69) is 10.3 Å². The first kappa shape index (κ1) is 17.4. The van der Waals surface area contributed by atoms with Gasteiger partial charge in [0.1, 0.15) is 5.82 Å². The third-order valence-electron chi connectivity index (χ3n) is 3.92. The lowest BCUT2D eigenvalue weighted by atomic mass is 10.1. The van der Waals surface area contributed by atoms with Crippen molar-refractivity contribution in [2.75, 3.05) is 12.4 Å². The van der Waals surface area contributed by atoms with Crippen LogP contribution in [0.3, 0.4) is 0 Å². The van der Waals surface area contributed by atoms with Crippen molar-refractivity contribution < 1.29 is 14.3 Å². The monoisotopic (exact) mass is 349 g/mol. The Morgan fingerprint density at radius 1 is 1.15 bits per heavy atom. The molecule has 0 spiro atoms. The van der Waals surface area contributed by atoms with Crippen LogP contribution in [-0.4, -0.2) is 28.5 Å². The van der Waals surface area contributed by atoms with E-state index >= 15 is 0 Å². The van der Waals surface area contributed by atoms with Crippen LogP contribution in [0.15, 0.2) is 60.9 Å². The van der Waals surface area contributed by atoms with Crippen LogP contribution >= 0.6 is 0 Å². The summed E-state index contributed by atoms with van der Waals surface area (Å²) < 4.78 is 6.81. The molecule has 0 atom stereocenters. The van der Waals surface area contributed by atoms with Crippen molar-refractivity contribution in [2.24, 2.45) is 0 Å². The summed E-state index contributed by atoms with van der Waals surface area (Å²) in [6.07, 6.45) is 3.57. The molecule has 6 nitrogen and oxygen atoms in total. The number of ether oxygens (including phenoxy) is 1. The topological polar surface area (TPSA) is 73.2 Å². The van der Waals surface area contributed by atoms with Crippen molar-refractivity contribution in [3.63, 3.8) is 0 Å². The molecule has 0 saturated carbocycles. The number of nitrogens with zero attached hydrogens (tertiary/aromatic N) is 2. The number of hydrogen-bond donors (Lipinski definition) is 1. The molecule has 0 aliphatic carbocycles. The number of anilines is 1. The second-order valence-corrected chi connectivity index (χ2v) is 5.79. The molecule has 3 aromatic rings. The molecule has 3 rings (SSSR count). The summed E-state index contributed by atoms with van der Waals surface area (Å²) in [5.41, 5.74) is 2.95. The van der Waals surface area contributed by atoms with Gasteiger partial charge in [0.25, 0.3) is 0 Å². The van der Waals surface area contributed by atoms with Crippen LogP contribution in [0.5, 0.6) is 0 Å². The van der Waals surface area contributed by atoms with E-state index in [4.69, 9.17) is 4.74 Å². The van der Waals surface area contributed by atoms with Crippen LogP contribution < -0.4 is 5.32 Å². The van der Waals surface area contributed by atoms with E-state index in [0.717, 1.165) is 17.0 Å². The lowest BCUT2D eigenvalue weighted by Gasteiger charge is -2.12. The van der Waals surface area contributed by atoms with Gasteiger partial charge in [-0.05, 0) is 23.8 Å². The number of methoxy groups -OCH3 is 1. The van der Waals surface area contributed by atoms with Gasteiger partial charge < -0.3 is 14.6 Å². The van der Waals surface area contributed by atoms with Crippen LogP contribution in [0, 0.1) is 0 Å². The first-order valence-electron chi connectivity index (χ1n) is 8.14. The zero-order valence-electron chi connectivity index (χ0n) is 14.6. The molecule has 0 bridgehead atoms. The lowest BCUT2D eigenvalue weighted by molar-refractivity contribution is -0.114. The van der Waals surface area contributed by atoms with E-state index in [1.165, 1.54) is 14.0 Å². The number of amides is 1. The van der Waals surface area contributed by atoms with E-state index in [9.17, 15) is 9.59 Å². The predicted molar refractivity (Wildman–Crippen MR) is 98.9 cm³/mol. The van der Waals surface area contributed by atoms with E-state index in [1.54, 1.807) is 12.3 Å². The minimum Gasteiger partial charge on any atom is -0.465 e. The number of rotatable bonds is 5. The Balaban J connectivity index is 1.93. The molecule has 0 aliphatic rings. The fraction of sp³-hybridized carbons (Fsp3) is 0.150. The molecule has 1 heterocycles. The van der Waals surface area contributed by atoms with Crippen molar-refractivity contribution in [2.45, 2.75) is 13.5 Å². The van der Waals surface area contributed by atoms with Crippen LogP contribution in [0.1, 0.15) is 22.8 Å². The molecule has 1 aromatic heterocycles. The van der Waals surface area contributed by atoms with Gasteiger partial charge in [-0.25, -0.2) is 9.78 Å². The Kier molecular flexibility index (Phi) is 5.12. The second-order valence-electron chi connectivity index (χ2n) is 5.79. The summed E-state index contributed by atoms with van der Waals surface area (Å²) in [6, 6.07) is 14.8. The first-order chi connectivity index (χ1) is 12.6. The maximum atomic E-state index is 12.0. The van der Waals surface area contributed by atoms with Gasteiger partial charge in [-0.3, -0.25) is 4.79 Å². The van der Waals surface area contributed by atoms with Crippen molar-refractivity contribution >= 4 is 17.6 Å². The highest BCUT2D eigenvalue weighted by molar-refractivity contribution is 5.91. The summed E-state index contributed by atoms with van der Waals surface area (Å²) in [6.45, 7) is 1.95. The molecule has 0 fully saturated rings. The highest BCUT2D eigenvalue weighted by Gasteiger charge is 2.13. The Morgan fingerprint density at radius 3 is 2.73 bits per heavy atom. The maximum Gasteiger partial charge on any atom is 0.338 e. The highest BCUT2D eigenvalue weighted by Crippen LogP contribution is 2.23. The number of carbonyl (C=O) groups is 2. The lowest BCUT2D eigenvalue weighted by Crippen LogP contribution is -2.09. The first-order valence-corrected chi connectivity index (χ1v) is 8.14. The van der Waals surface area contributed by atoms with Gasteiger partial charge >= 0.3 is 5.97 Å². The Morgan fingerprint density at radius 2 is 1.96 bits per heavy atom. The molecule has 1 amide bonds. The molecule has 0 aliphatic heterocycles. The summed E-state index contributed by atoms with van der Waals surface area (Å²) >= 11 is 0. The van der Waals surface area contributed by atoms with Crippen molar-refractivity contribution in [3.8, 4) is 11.4 Å². The van der Waals surface area contributed by atoms with E-state index < -0.39 is 0 Å². The Bertz CT molecular complexity index is 947. The normalized spacial score (nSPS) is 10.4. The van der Waals surface area contributed by atoms with Crippen LogP contribution in [-0.2, 0) is 16.1 Å². The number of esters is 1. The van der Waals surface area contributed by atoms with E-state index in [-0.39, 0.29) is 11.9 Å². The zero-order valence-corrected chi connectivity index (χ0v) is 14.6. The Labute approximate surface area is 151 Å². The molecule has 26 heavy (non-hydrogen) atoms. The molecule has 6 heteroatoms. The minimum atomic E-state index is -0.366. The van der Waals surface area contributed by atoms with Crippen molar-refractivity contribution in [1.29, 1.82) is 0 Å². The zero-order chi connectivity index (χ0) is 18.5.